The first-order valence-electron chi connectivity index (χ1n) is 7.51. The second-order valence-electron chi connectivity index (χ2n) is 5.29. The molecule has 3 aromatic rings. The van der Waals surface area contributed by atoms with Crippen LogP contribution in [0.5, 0.6) is 11.5 Å². The van der Waals surface area contributed by atoms with E-state index in [4.69, 9.17) is 9.47 Å². The average molecular weight is 328 g/mol. The van der Waals surface area contributed by atoms with E-state index in [0.29, 0.717) is 0 Å². The minimum Gasteiger partial charge on any atom is -0.497 e. The Morgan fingerprint density at radius 1 is 1.13 bits per heavy atom. The summed E-state index contributed by atoms with van der Waals surface area (Å²) in [5.74, 6) is 1.68. The standard InChI is InChI=1S/C18H20N2O2S/c1-12(14-10-13(21-2)8-9-16(14)22-3)19-11-18-20-15-6-4-5-7-17(15)23-18/h4-10,12,19H,11H2,1-3H3/t12-/m0/s1. The summed E-state index contributed by atoms with van der Waals surface area (Å²) in [7, 11) is 3.36. The number of para-hydroxylation sites is 1. The van der Waals surface area contributed by atoms with Crippen LogP contribution in [-0.2, 0) is 6.54 Å². The fourth-order valence-electron chi connectivity index (χ4n) is 2.52. The number of hydrogen-bond donors (Lipinski definition) is 1. The summed E-state index contributed by atoms with van der Waals surface area (Å²) >= 11 is 1.72. The maximum Gasteiger partial charge on any atom is 0.123 e. The van der Waals surface area contributed by atoms with Gasteiger partial charge in [-0.1, -0.05) is 12.1 Å². The molecule has 120 valence electrons. The Bertz CT molecular complexity index is 768. The van der Waals surface area contributed by atoms with E-state index in [1.54, 1.807) is 25.6 Å². The maximum atomic E-state index is 5.46. The smallest absolute Gasteiger partial charge is 0.123 e. The molecule has 0 radical (unpaired) electrons. The van der Waals surface area contributed by atoms with Crippen LogP contribution >= 0.6 is 11.3 Å². The van der Waals surface area contributed by atoms with Crippen LogP contribution in [0.1, 0.15) is 23.5 Å². The zero-order valence-corrected chi connectivity index (χ0v) is 14.3. The van der Waals surface area contributed by atoms with Gasteiger partial charge in [-0.25, -0.2) is 4.98 Å². The molecule has 1 atom stereocenters. The molecule has 2 aromatic carbocycles. The molecule has 0 fully saturated rings. The Hall–Kier alpha value is -2.11. The summed E-state index contributed by atoms with van der Waals surface area (Å²) in [6.45, 7) is 2.84. The first-order valence-corrected chi connectivity index (χ1v) is 8.32. The van der Waals surface area contributed by atoms with Gasteiger partial charge < -0.3 is 14.8 Å². The van der Waals surface area contributed by atoms with Crippen molar-refractivity contribution in [2.45, 2.75) is 19.5 Å². The lowest BCUT2D eigenvalue weighted by Gasteiger charge is -2.17. The number of ether oxygens (including phenoxy) is 2. The third kappa shape index (κ3) is 3.46. The summed E-state index contributed by atoms with van der Waals surface area (Å²) in [5, 5.41) is 4.60. The van der Waals surface area contributed by atoms with Gasteiger partial charge in [-0.05, 0) is 37.3 Å². The van der Waals surface area contributed by atoms with Crippen LogP contribution < -0.4 is 14.8 Å². The predicted molar refractivity (Wildman–Crippen MR) is 94.4 cm³/mol. The van der Waals surface area contributed by atoms with Crippen molar-refractivity contribution in [3.63, 3.8) is 0 Å². The van der Waals surface area contributed by atoms with Crippen LogP contribution in [0, 0.1) is 0 Å². The van der Waals surface area contributed by atoms with Gasteiger partial charge in [-0.2, -0.15) is 0 Å². The van der Waals surface area contributed by atoms with Gasteiger partial charge in [0.05, 0.1) is 24.4 Å². The van der Waals surface area contributed by atoms with E-state index in [0.717, 1.165) is 34.1 Å². The number of nitrogens with zero attached hydrogens (tertiary/aromatic N) is 1. The van der Waals surface area contributed by atoms with E-state index in [9.17, 15) is 0 Å². The molecular formula is C18H20N2O2S. The fraction of sp³-hybridized carbons (Fsp3) is 0.278. The molecule has 0 saturated carbocycles. The largest absolute Gasteiger partial charge is 0.497 e. The van der Waals surface area contributed by atoms with Gasteiger partial charge in [-0.15, -0.1) is 11.3 Å². The monoisotopic (exact) mass is 328 g/mol. The van der Waals surface area contributed by atoms with Gasteiger partial charge in [0.15, 0.2) is 0 Å². The zero-order chi connectivity index (χ0) is 16.2. The first-order chi connectivity index (χ1) is 11.2. The molecular weight excluding hydrogens is 308 g/mol. The summed E-state index contributed by atoms with van der Waals surface area (Å²) in [6.07, 6.45) is 0. The number of thiazole rings is 1. The summed E-state index contributed by atoms with van der Waals surface area (Å²) < 4.78 is 12.0. The van der Waals surface area contributed by atoms with Crippen molar-refractivity contribution < 1.29 is 9.47 Å². The second-order valence-corrected chi connectivity index (χ2v) is 6.40. The molecule has 1 heterocycles. The summed E-state index contributed by atoms with van der Waals surface area (Å²) in [5.41, 5.74) is 2.13. The number of fused-ring (bicyclic) bond motifs is 1. The molecule has 23 heavy (non-hydrogen) atoms. The lowest BCUT2D eigenvalue weighted by Crippen LogP contribution is -2.18. The Morgan fingerprint density at radius 2 is 1.96 bits per heavy atom. The predicted octanol–water partition coefficient (Wildman–Crippen LogP) is 4.16. The Kier molecular flexibility index (Phi) is 4.79. The molecule has 4 nitrogen and oxygen atoms in total. The van der Waals surface area contributed by atoms with Crippen LogP contribution in [0.25, 0.3) is 10.2 Å². The van der Waals surface area contributed by atoms with Crippen LogP contribution in [0.2, 0.25) is 0 Å². The number of benzene rings is 2. The number of rotatable bonds is 6. The molecule has 1 aromatic heterocycles. The molecule has 0 saturated heterocycles. The fourth-order valence-corrected chi connectivity index (χ4v) is 3.44. The van der Waals surface area contributed by atoms with Crippen molar-refractivity contribution in [1.82, 2.24) is 10.3 Å². The van der Waals surface area contributed by atoms with Crippen molar-refractivity contribution in [3.8, 4) is 11.5 Å². The van der Waals surface area contributed by atoms with Crippen LogP contribution in [0.3, 0.4) is 0 Å². The van der Waals surface area contributed by atoms with Gasteiger partial charge in [0.2, 0.25) is 0 Å². The highest BCUT2D eigenvalue weighted by molar-refractivity contribution is 7.18. The molecule has 0 spiro atoms. The number of nitrogens with one attached hydrogen (secondary N) is 1. The van der Waals surface area contributed by atoms with Gasteiger partial charge in [-0.3, -0.25) is 0 Å². The lowest BCUT2D eigenvalue weighted by atomic mass is 10.1. The zero-order valence-electron chi connectivity index (χ0n) is 13.5. The number of hydrogen-bond acceptors (Lipinski definition) is 5. The van der Waals surface area contributed by atoms with Crippen LogP contribution in [-0.4, -0.2) is 19.2 Å². The van der Waals surface area contributed by atoms with E-state index < -0.39 is 0 Å². The first kappa shape index (κ1) is 15.8. The Balaban J connectivity index is 1.74. The normalized spacial score (nSPS) is 12.3. The van der Waals surface area contributed by atoms with Gasteiger partial charge >= 0.3 is 0 Å². The highest BCUT2D eigenvalue weighted by atomic mass is 32.1. The van der Waals surface area contributed by atoms with E-state index in [1.807, 2.05) is 36.4 Å². The molecule has 0 aliphatic carbocycles. The SMILES string of the molecule is COc1ccc(OC)c([C@H](C)NCc2nc3ccccc3s2)c1. The highest BCUT2D eigenvalue weighted by Crippen LogP contribution is 2.30. The number of methoxy groups -OCH3 is 2. The van der Waals surface area contributed by atoms with Crippen molar-refractivity contribution in [2.24, 2.45) is 0 Å². The van der Waals surface area contributed by atoms with Crippen molar-refractivity contribution in [1.29, 1.82) is 0 Å². The molecule has 0 aliphatic heterocycles. The van der Waals surface area contributed by atoms with E-state index in [-0.39, 0.29) is 6.04 Å². The molecule has 1 N–H and O–H groups in total. The molecule has 0 aliphatic rings. The third-order valence-electron chi connectivity index (χ3n) is 3.80. The van der Waals surface area contributed by atoms with Gasteiger partial charge in [0, 0.05) is 18.2 Å². The summed E-state index contributed by atoms with van der Waals surface area (Å²) in [4.78, 5) is 4.65. The topological polar surface area (TPSA) is 43.4 Å². The van der Waals surface area contributed by atoms with E-state index >= 15 is 0 Å². The molecule has 5 heteroatoms. The second kappa shape index (κ2) is 6.98. The van der Waals surface area contributed by atoms with E-state index in [2.05, 4.69) is 23.3 Å². The van der Waals surface area contributed by atoms with E-state index in [1.165, 1.54) is 4.70 Å². The Morgan fingerprint density at radius 3 is 2.70 bits per heavy atom. The Labute approximate surface area is 140 Å². The lowest BCUT2D eigenvalue weighted by molar-refractivity contribution is 0.391. The molecule has 0 amide bonds. The summed E-state index contributed by atoms with van der Waals surface area (Å²) in [6, 6.07) is 14.2. The molecule has 0 bridgehead atoms. The van der Waals surface area contributed by atoms with Crippen LogP contribution in [0.15, 0.2) is 42.5 Å². The van der Waals surface area contributed by atoms with Gasteiger partial charge in [0.1, 0.15) is 16.5 Å². The van der Waals surface area contributed by atoms with Crippen molar-refractivity contribution in [2.75, 3.05) is 14.2 Å². The van der Waals surface area contributed by atoms with Crippen molar-refractivity contribution >= 4 is 21.6 Å². The molecule has 3 rings (SSSR count). The molecule has 0 unspecified atom stereocenters. The van der Waals surface area contributed by atoms with Gasteiger partial charge in [0.25, 0.3) is 0 Å². The van der Waals surface area contributed by atoms with Crippen LogP contribution in [0.4, 0.5) is 0 Å². The number of aromatic nitrogens is 1. The average Bonchev–Trinajstić information content (AvgIpc) is 3.02. The third-order valence-corrected chi connectivity index (χ3v) is 4.84. The van der Waals surface area contributed by atoms with Crippen molar-refractivity contribution in [3.05, 3.63) is 53.0 Å². The highest BCUT2D eigenvalue weighted by Gasteiger charge is 2.13. The minimum atomic E-state index is 0.132. The maximum absolute atomic E-state index is 5.46. The quantitative estimate of drug-likeness (QED) is 0.738. The minimum absolute atomic E-state index is 0.132.